The third-order valence-corrected chi connectivity index (χ3v) is 0.707. The zero-order valence-corrected chi connectivity index (χ0v) is 12.0. The van der Waals surface area contributed by atoms with Crippen molar-refractivity contribution >= 4 is 0 Å². The maximum absolute atomic E-state index is 3.60. The minimum atomic E-state index is 0. The Morgan fingerprint density at radius 2 is 0.917 bits per heavy atom. The summed E-state index contributed by atoms with van der Waals surface area (Å²) in [7, 11) is 0. The molecule has 0 fully saturated rings. The van der Waals surface area contributed by atoms with Crippen molar-refractivity contribution in [2.24, 2.45) is 0 Å². The molecule has 0 atom stereocenters. The van der Waals surface area contributed by atoms with Gasteiger partial charge in [-0.1, -0.05) is 26.7 Å². The van der Waals surface area contributed by atoms with Crippen LogP contribution in [0.15, 0.2) is 0 Å². The van der Waals surface area contributed by atoms with Crippen molar-refractivity contribution < 1.29 is 78.8 Å². The molecule has 0 N–H and O–H groups in total. The second-order valence-corrected chi connectivity index (χ2v) is 1.71. The molecular weight excluding hydrogens is 300 g/mol. The molecule has 0 aliphatic heterocycles. The Hall–Kier alpha value is 2.44. The molecule has 0 saturated heterocycles. The molecule has 70 valence electrons. The Balaban J connectivity index is -0.0000000112. The van der Waals surface area contributed by atoms with Crippen LogP contribution in [0, 0.1) is 13.8 Å². The molecule has 0 rings (SSSR count). The number of halogens is 1. The fourth-order valence-corrected chi connectivity index (χ4v) is 0. The quantitative estimate of drug-likeness (QED) is 0.270. The van der Waals surface area contributed by atoms with E-state index in [4.69, 9.17) is 0 Å². The van der Waals surface area contributed by atoms with Crippen LogP contribution in [0.2, 0.25) is 0 Å². The molecule has 0 aliphatic rings. The van der Waals surface area contributed by atoms with E-state index in [2.05, 4.69) is 27.7 Å². The van der Waals surface area contributed by atoms with Gasteiger partial charge in [-0.2, -0.15) is 12.8 Å². The molecule has 12 heavy (non-hydrogen) atoms. The van der Waals surface area contributed by atoms with Crippen LogP contribution >= 0.6 is 0 Å². The molecule has 0 heterocycles. The van der Waals surface area contributed by atoms with Crippen molar-refractivity contribution in [2.45, 2.75) is 39.5 Å². The van der Waals surface area contributed by atoms with Crippen LogP contribution in [0.4, 0.5) is 0 Å². The molecular formula is C8H18CuILi2. The molecule has 0 aromatic carbocycles. The minimum absolute atomic E-state index is 0. The number of hydrogen-bond acceptors (Lipinski definition) is 0. The maximum Gasteiger partial charge on any atom is 1.00 e. The number of hydrogen-bond donors (Lipinski definition) is 0. The van der Waals surface area contributed by atoms with Gasteiger partial charge in [0.1, 0.15) is 0 Å². The first-order chi connectivity index (χ1) is 3.83. The van der Waals surface area contributed by atoms with Crippen LogP contribution in [0.5, 0.6) is 0 Å². The molecule has 4 heteroatoms. The summed E-state index contributed by atoms with van der Waals surface area (Å²) in [4.78, 5) is 0. The predicted molar refractivity (Wildman–Crippen MR) is 40.5 cm³/mol. The summed E-state index contributed by atoms with van der Waals surface area (Å²) in [6, 6.07) is 0. The van der Waals surface area contributed by atoms with Crippen molar-refractivity contribution in [3.63, 3.8) is 0 Å². The number of unbranched alkanes of at least 4 members (excludes halogenated alkanes) is 2. The van der Waals surface area contributed by atoms with Crippen LogP contribution in [0.25, 0.3) is 0 Å². The van der Waals surface area contributed by atoms with Gasteiger partial charge in [-0.05, 0) is 0 Å². The summed E-state index contributed by atoms with van der Waals surface area (Å²) in [5.41, 5.74) is 0. The van der Waals surface area contributed by atoms with Gasteiger partial charge in [-0.15, -0.1) is 0 Å². The summed E-state index contributed by atoms with van der Waals surface area (Å²) in [5, 5.41) is 0. The van der Waals surface area contributed by atoms with Crippen LogP contribution in [-0.4, -0.2) is 0 Å². The van der Waals surface area contributed by atoms with Gasteiger partial charge < -0.3 is 37.8 Å². The Morgan fingerprint density at radius 3 is 0.917 bits per heavy atom. The summed E-state index contributed by atoms with van der Waals surface area (Å²) in [6.07, 6.45) is 4.56. The molecule has 0 radical (unpaired) electrons. The Kier molecular flexibility index (Phi) is 153. The van der Waals surface area contributed by atoms with Gasteiger partial charge in [0.2, 0.25) is 0 Å². The van der Waals surface area contributed by atoms with E-state index in [1.165, 1.54) is 12.8 Å². The average molecular weight is 319 g/mol. The van der Waals surface area contributed by atoms with Crippen molar-refractivity contribution in [2.75, 3.05) is 0 Å². The average Bonchev–Trinajstić information content (AvgIpc) is 1.88. The first kappa shape index (κ1) is 36.6. The molecule has 0 unspecified atom stereocenters. The second kappa shape index (κ2) is 50.1. The van der Waals surface area contributed by atoms with E-state index < -0.39 is 0 Å². The molecule has 0 aromatic heterocycles. The third kappa shape index (κ3) is 82.5. The molecule has 0 aromatic rings. The molecule has 0 saturated carbocycles. The van der Waals surface area contributed by atoms with Crippen LogP contribution in [-0.2, 0) is 17.1 Å². The fourth-order valence-electron chi connectivity index (χ4n) is 0. The SMILES string of the molecule is [CH2-]CCC.[CH2-]CCC.[Cu+].[I-].[Li+].[Li+]. The fraction of sp³-hybridized carbons (Fsp3) is 0.750. The smallest absolute Gasteiger partial charge is 1.00 e. The predicted octanol–water partition coefficient (Wildman–Crippen LogP) is -5.75. The van der Waals surface area contributed by atoms with Gasteiger partial charge in [0, 0.05) is 0 Å². The summed E-state index contributed by atoms with van der Waals surface area (Å²) in [5.74, 6) is 0. The van der Waals surface area contributed by atoms with Crippen molar-refractivity contribution in [3.8, 4) is 0 Å². The van der Waals surface area contributed by atoms with Crippen molar-refractivity contribution in [3.05, 3.63) is 13.8 Å². The van der Waals surface area contributed by atoms with E-state index in [0.29, 0.717) is 0 Å². The second-order valence-electron chi connectivity index (χ2n) is 1.71. The van der Waals surface area contributed by atoms with Crippen molar-refractivity contribution in [1.82, 2.24) is 0 Å². The molecule has 0 amide bonds. The molecule has 0 spiro atoms. The minimum Gasteiger partial charge on any atom is -1.00 e. The Labute approximate surface area is 131 Å². The monoisotopic (exact) mass is 318 g/mol. The topological polar surface area (TPSA) is 0 Å². The molecule has 0 nitrogen and oxygen atoms in total. The Morgan fingerprint density at radius 1 is 0.833 bits per heavy atom. The van der Waals surface area contributed by atoms with Gasteiger partial charge in [0.05, 0.1) is 0 Å². The maximum atomic E-state index is 3.60. The van der Waals surface area contributed by atoms with Gasteiger partial charge in [-0.3, -0.25) is 0 Å². The first-order valence-electron chi connectivity index (χ1n) is 3.41. The van der Waals surface area contributed by atoms with E-state index in [-0.39, 0.29) is 78.8 Å². The van der Waals surface area contributed by atoms with Crippen LogP contribution in [0.3, 0.4) is 0 Å². The van der Waals surface area contributed by atoms with Crippen LogP contribution < -0.4 is 61.7 Å². The van der Waals surface area contributed by atoms with E-state index in [1.54, 1.807) is 0 Å². The molecule has 0 bridgehead atoms. The van der Waals surface area contributed by atoms with Crippen molar-refractivity contribution in [1.29, 1.82) is 0 Å². The zero-order chi connectivity index (χ0) is 6.83. The summed E-state index contributed by atoms with van der Waals surface area (Å²) >= 11 is 0. The molecule has 0 aliphatic carbocycles. The van der Waals surface area contributed by atoms with Gasteiger partial charge in [0.15, 0.2) is 0 Å². The van der Waals surface area contributed by atoms with Crippen LogP contribution in [0.1, 0.15) is 39.5 Å². The standard InChI is InChI=1S/2C4H9.Cu.HI.2Li/c2*1-3-4-2;;;;/h2*1,3-4H2,2H3;;1H;;/q2*-1;+1;;2*+1/p-1. The van der Waals surface area contributed by atoms with E-state index >= 15 is 0 Å². The van der Waals surface area contributed by atoms with Gasteiger partial charge in [0.25, 0.3) is 0 Å². The third-order valence-electron chi connectivity index (χ3n) is 0.707. The summed E-state index contributed by atoms with van der Waals surface area (Å²) < 4.78 is 0. The van der Waals surface area contributed by atoms with Gasteiger partial charge in [-0.25, -0.2) is 0 Å². The van der Waals surface area contributed by atoms with E-state index in [1.807, 2.05) is 0 Å². The summed E-state index contributed by atoms with van der Waals surface area (Å²) in [6.45, 7) is 11.4. The van der Waals surface area contributed by atoms with E-state index in [9.17, 15) is 0 Å². The Bertz CT molecular complexity index is 25.0. The van der Waals surface area contributed by atoms with Gasteiger partial charge >= 0.3 is 54.8 Å². The first-order valence-corrected chi connectivity index (χ1v) is 3.41. The number of rotatable bonds is 2. The normalized spacial score (nSPS) is 5.00. The zero-order valence-electron chi connectivity index (χ0n) is 8.92. The van der Waals surface area contributed by atoms with E-state index in [0.717, 1.165) is 12.8 Å². The largest absolute Gasteiger partial charge is 1.00 e.